The zero-order valence-electron chi connectivity index (χ0n) is 17.0. The number of carbonyl (C=O) groups excluding carboxylic acids is 1. The zero-order valence-corrected chi connectivity index (χ0v) is 17.8. The number of hydrogen-bond acceptors (Lipinski definition) is 4. The van der Waals surface area contributed by atoms with Crippen LogP contribution in [0.2, 0.25) is 0 Å². The Morgan fingerprint density at radius 3 is 2.43 bits per heavy atom. The molecule has 0 unspecified atom stereocenters. The first-order valence-corrected chi connectivity index (χ1v) is 10.1. The molecule has 1 N–H and O–H groups in total. The van der Waals surface area contributed by atoms with Crippen LogP contribution in [0.25, 0.3) is 11.3 Å². The summed E-state index contributed by atoms with van der Waals surface area (Å²) in [5, 5.41) is 3.44. The second-order valence-corrected chi connectivity index (χ2v) is 9.08. The van der Waals surface area contributed by atoms with Crippen LogP contribution in [-0.4, -0.2) is 17.5 Å². The van der Waals surface area contributed by atoms with Crippen LogP contribution in [0, 0.1) is 13.8 Å². The van der Waals surface area contributed by atoms with Crippen molar-refractivity contribution in [3.8, 4) is 17.0 Å². The number of aryl methyl sites for hydroxylation is 2. The zero-order chi connectivity index (χ0) is 20.3. The molecule has 28 heavy (non-hydrogen) atoms. The number of carbonyl (C=O) groups is 1. The highest BCUT2D eigenvalue weighted by molar-refractivity contribution is 7.16. The van der Waals surface area contributed by atoms with Crippen LogP contribution in [0.4, 0.5) is 5.13 Å². The quantitative estimate of drug-likeness (QED) is 0.600. The fraction of sp³-hybridized carbons (Fsp3) is 0.304. The van der Waals surface area contributed by atoms with E-state index in [1.807, 2.05) is 31.2 Å². The van der Waals surface area contributed by atoms with E-state index in [4.69, 9.17) is 4.74 Å². The average molecular weight is 395 g/mol. The molecule has 146 valence electrons. The van der Waals surface area contributed by atoms with E-state index in [1.165, 1.54) is 16.9 Å². The Morgan fingerprint density at radius 2 is 1.75 bits per heavy atom. The van der Waals surface area contributed by atoms with Gasteiger partial charge in [0.15, 0.2) is 11.7 Å². The molecule has 1 amide bonds. The fourth-order valence-electron chi connectivity index (χ4n) is 2.94. The van der Waals surface area contributed by atoms with Crippen molar-refractivity contribution in [2.24, 2.45) is 0 Å². The van der Waals surface area contributed by atoms with E-state index in [0.29, 0.717) is 5.13 Å². The summed E-state index contributed by atoms with van der Waals surface area (Å²) in [5.41, 5.74) is 4.18. The number of amides is 1. The lowest BCUT2D eigenvalue weighted by Crippen LogP contribution is -2.21. The van der Waals surface area contributed by atoms with Crippen molar-refractivity contribution in [3.05, 3.63) is 64.5 Å². The first kappa shape index (κ1) is 20.1. The monoisotopic (exact) mass is 394 g/mol. The SMILES string of the molecule is Cc1ccc(-c2nc(NC(=O)COc3ccccc3C(C)(C)C)sc2C)cc1. The van der Waals surface area contributed by atoms with E-state index < -0.39 is 0 Å². The van der Waals surface area contributed by atoms with Gasteiger partial charge < -0.3 is 4.74 Å². The minimum Gasteiger partial charge on any atom is -0.483 e. The molecule has 0 aliphatic rings. The Labute approximate surface area is 170 Å². The highest BCUT2D eigenvalue weighted by Gasteiger charge is 2.19. The van der Waals surface area contributed by atoms with Crippen molar-refractivity contribution in [2.75, 3.05) is 11.9 Å². The van der Waals surface area contributed by atoms with Crippen LogP contribution < -0.4 is 10.1 Å². The van der Waals surface area contributed by atoms with E-state index in [1.54, 1.807) is 0 Å². The average Bonchev–Trinajstić information content (AvgIpc) is 3.00. The first-order chi connectivity index (χ1) is 13.2. The van der Waals surface area contributed by atoms with Gasteiger partial charge in [0, 0.05) is 10.4 Å². The van der Waals surface area contributed by atoms with Crippen LogP contribution in [0.1, 0.15) is 36.8 Å². The lowest BCUT2D eigenvalue weighted by Gasteiger charge is -2.22. The third kappa shape index (κ3) is 4.78. The molecule has 0 radical (unpaired) electrons. The molecule has 0 aliphatic heterocycles. The summed E-state index contributed by atoms with van der Waals surface area (Å²) < 4.78 is 5.80. The molecule has 0 bridgehead atoms. The molecule has 3 aromatic rings. The lowest BCUT2D eigenvalue weighted by molar-refractivity contribution is -0.118. The third-order valence-electron chi connectivity index (χ3n) is 4.42. The minimum atomic E-state index is -0.215. The van der Waals surface area contributed by atoms with E-state index in [-0.39, 0.29) is 17.9 Å². The van der Waals surface area contributed by atoms with Gasteiger partial charge >= 0.3 is 0 Å². The minimum absolute atomic E-state index is 0.0500. The van der Waals surface area contributed by atoms with Gasteiger partial charge in [-0.05, 0) is 30.9 Å². The Hall–Kier alpha value is -2.66. The van der Waals surface area contributed by atoms with Crippen LogP contribution >= 0.6 is 11.3 Å². The molecule has 3 rings (SSSR count). The summed E-state index contributed by atoms with van der Waals surface area (Å²) in [6.07, 6.45) is 0. The smallest absolute Gasteiger partial charge is 0.264 e. The Balaban J connectivity index is 1.67. The standard InChI is InChI=1S/C23H26N2O2S/c1-15-10-12-17(13-11-15)21-16(2)28-22(25-21)24-20(26)14-27-19-9-7-6-8-18(19)23(3,4)5/h6-13H,14H2,1-5H3,(H,24,25,26). The number of anilines is 1. The predicted molar refractivity (Wildman–Crippen MR) is 116 cm³/mol. The first-order valence-electron chi connectivity index (χ1n) is 9.30. The molecule has 5 heteroatoms. The summed E-state index contributed by atoms with van der Waals surface area (Å²) >= 11 is 1.47. The molecular weight excluding hydrogens is 368 g/mol. The van der Waals surface area contributed by atoms with Crippen molar-refractivity contribution in [3.63, 3.8) is 0 Å². The van der Waals surface area contributed by atoms with Crippen LogP contribution in [0.3, 0.4) is 0 Å². The molecule has 1 heterocycles. The predicted octanol–water partition coefficient (Wildman–Crippen LogP) is 5.74. The third-order valence-corrected chi connectivity index (χ3v) is 5.31. The summed E-state index contributed by atoms with van der Waals surface area (Å²) in [6, 6.07) is 16.1. The maximum atomic E-state index is 12.4. The largest absolute Gasteiger partial charge is 0.483 e. The van der Waals surface area contributed by atoms with E-state index in [2.05, 4.69) is 62.3 Å². The fourth-order valence-corrected chi connectivity index (χ4v) is 3.79. The summed E-state index contributed by atoms with van der Waals surface area (Å²) in [4.78, 5) is 18.0. The van der Waals surface area contributed by atoms with Gasteiger partial charge in [0.25, 0.3) is 5.91 Å². The lowest BCUT2D eigenvalue weighted by atomic mass is 9.86. The number of rotatable bonds is 5. The van der Waals surface area contributed by atoms with Crippen molar-refractivity contribution < 1.29 is 9.53 Å². The molecule has 2 aromatic carbocycles. The molecule has 0 fully saturated rings. The Bertz CT molecular complexity index is 969. The second-order valence-electron chi connectivity index (χ2n) is 7.87. The molecule has 0 spiro atoms. The summed E-state index contributed by atoms with van der Waals surface area (Å²) in [5.74, 6) is 0.522. The Kier molecular flexibility index (Phi) is 5.84. The van der Waals surface area contributed by atoms with Gasteiger partial charge in [-0.2, -0.15) is 0 Å². The number of aromatic nitrogens is 1. The van der Waals surface area contributed by atoms with Crippen molar-refractivity contribution in [1.29, 1.82) is 0 Å². The van der Waals surface area contributed by atoms with E-state index in [9.17, 15) is 4.79 Å². The van der Waals surface area contributed by atoms with Gasteiger partial charge in [-0.3, -0.25) is 10.1 Å². The van der Waals surface area contributed by atoms with Gasteiger partial charge in [0.2, 0.25) is 0 Å². The number of nitrogens with one attached hydrogen (secondary N) is 1. The van der Waals surface area contributed by atoms with Crippen molar-refractivity contribution in [1.82, 2.24) is 4.98 Å². The number of hydrogen-bond donors (Lipinski definition) is 1. The highest BCUT2D eigenvalue weighted by atomic mass is 32.1. The van der Waals surface area contributed by atoms with Gasteiger partial charge in [0.05, 0.1) is 5.69 Å². The topological polar surface area (TPSA) is 51.2 Å². The van der Waals surface area contributed by atoms with Crippen molar-refractivity contribution >= 4 is 22.4 Å². The maximum Gasteiger partial charge on any atom is 0.264 e. The molecule has 0 atom stereocenters. The summed E-state index contributed by atoms with van der Waals surface area (Å²) in [6.45, 7) is 10.4. The second kappa shape index (κ2) is 8.15. The molecule has 0 saturated carbocycles. The van der Waals surface area contributed by atoms with Crippen molar-refractivity contribution in [2.45, 2.75) is 40.0 Å². The Morgan fingerprint density at radius 1 is 1.07 bits per heavy atom. The number of ether oxygens (including phenoxy) is 1. The number of nitrogens with zero attached hydrogens (tertiary/aromatic N) is 1. The van der Waals surface area contributed by atoms with Crippen LogP contribution in [-0.2, 0) is 10.2 Å². The number of thiazole rings is 1. The molecular formula is C23H26N2O2S. The molecule has 1 aromatic heterocycles. The van der Waals surface area contributed by atoms with Gasteiger partial charge in [0.1, 0.15) is 5.75 Å². The number of para-hydroxylation sites is 1. The molecule has 0 aliphatic carbocycles. The molecule has 0 saturated heterocycles. The van der Waals surface area contributed by atoms with Gasteiger partial charge in [-0.15, -0.1) is 11.3 Å². The molecule has 4 nitrogen and oxygen atoms in total. The number of benzene rings is 2. The van der Waals surface area contributed by atoms with Crippen LogP contribution in [0.5, 0.6) is 5.75 Å². The van der Waals surface area contributed by atoms with E-state index >= 15 is 0 Å². The highest BCUT2D eigenvalue weighted by Crippen LogP contribution is 2.32. The maximum absolute atomic E-state index is 12.4. The normalized spacial score (nSPS) is 11.3. The van der Waals surface area contributed by atoms with Gasteiger partial charge in [-0.25, -0.2) is 4.98 Å². The van der Waals surface area contributed by atoms with E-state index in [0.717, 1.165) is 27.4 Å². The summed E-state index contributed by atoms with van der Waals surface area (Å²) in [7, 11) is 0. The van der Waals surface area contributed by atoms with Gasteiger partial charge in [-0.1, -0.05) is 68.8 Å². The van der Waals surface area contributed by atoms with Crippen LogP contribution in [0.15, 0.2) is 48.5 Å².